The van der Waals surface area contributed by atoms with Crippen LogP contribution in [-0.4, -0.2) is 15.5 Å². The lowest BCUT2D eigenvalue weighted by molar-refractivity contribution is 0.594. The first-order chi connectivity index (χ1) is 9.86. The van der Waals surface area contributed by atoms with Gasteiger partial charge in [-0.15, -0.1) is 0 Å². The van der Waals surface area contributed by atoms with E-state index in [1.807, 2.05) is 31.2 Å². The summed E-state index contributed by atoms with van der Waals surface area (Å²) in [6.07, 6.45) is 0.933. The molecular weight excluding hydrogens is 350 g/mol. The van der Waals surface area contributed by atoms with Gasteiger partial charge >= 0.3 is 0 Å². The molecule has 112 valence electrons. The predicted molar refractivity (Wildman–Crippen MR) is 90.3 cm³/mol. The third-order valence-corrected chi connectivity index (χ3v) is 6.17. The minimum Gasteiger partial charge on any atom is -0.269 e. The van der Waals surface area contributed by atoms with Crippen molar-refractivity contribution in [2.24, 2.45) is 0 Å². The summed E-state index contributed by atoms with van der Waals surface area (Å²) in [6, 6.07) is 12.6. The maximum absolute atomic E-state index is 12.7. The van der Waals surface area contributed by atoms with Crippen LogP contribution in [0.1, 0.15) is 18.1 Å². The fourth-order valence-electron chi connectivity index (χ4n) is 2.02. The molecule has 0 saturated heterocycles. The average Bonchev–Trinajstić information content (AvgIpc) is 2.49. The highest BCUT2D eigenvalue weighted by atomic mass is 79.9. The number of benzene rings is 2. The fourth-order valence-corrected chi connectivity index (χ4v) is 3.54. The minimum atomic E-state index is -3.54. The van der Waals surface area contributed by atoms with Crippen LogP contribution in [0.4, 0.5) is 5.69 Å². The summed E-state index contributed by atoms with van der Waals surface area (Å²) < 4.78 is 27.5. The number of hydrogen-bond acceptors (Lipinski definition) is 2. The quantitative estimate of drug-likeness (QED) is 0.813. The van der Waals surface area contributed by atoms with Gasteiger partial charge in [-0.1, -0.05) is 35.0 Å². The van der Waals surface area contributed by atoms with Crippen molar-refractivity contribution in [1.29, 1.82) is 0 Å². The van der Waals surface area contributed by atoms with Gasteiger partial charge in [0, 0.05) is 11.5 Å². The summed E-state index contributed by atoms with van der Waals surface area (Å²) in [5, 5.41) is 0. The number of sulfonamides is 1. The molecule has 2 aromatic carbocycles. The summed E-state index contributed by atoms with van der Waals surface area (Å²) in [5.74, 6) is 0. The van der Waals surface area contributed by atoms with Crippen LogP contribution in [0.25, 0.3) is 0 Å². The Morgan fingerprint density at radius 2 is 1.71 bits per heavy atom. The van der Waals surface area contributed by atoms with Crippen molar-refractivity contribution in [3.8, 4) is 0 Å². The predicted octanol–water partition coefficient (Wildman–Crippen LogP) is 4.15. The molecule has 0 N–H and O–H groups in total. The molecule has 0 heterocycles. The topological polar surface area (TPSA) is 37.4 Å². The zero-order valence-electron chi connectivity index (χ0n) is 12.3. The second kappa shape index (κ2) is 6.20. The third kappa shape index (κ3) is 3.30. The summed E-state index contributed by atoms with van der Waals surface area (Å²) in [5.41, 5.74) is 2.74. The molecule has 3 nitrogen and oxygen atoms in total. The van der Waals surface area contributed by atoms with Crippen molar-refractivity contribution in [2.75, 3.05) is 11.4 Å². The van der Waals surface area contributed by atoms with Gasteiger partial charge in [-0.05, 0) is 54.8 Å². The van der Waals surface area contributed by atoms with Crippen LogP contribution in [0.5, 0.6) is 0 Å². The highest BCUT2D eigenvalue weighted by Gasteiger charge is 2.21. The maximum atomic E-state index is 12.7. The second-order valence-corrected chi connectivity index (χ2v) is 7.73. The first-order valence-corrected chi connectivity index (χ1v) is 8.93. The van der Waals surface area contributed by atoms with Gasteiger partial charge in [0.25, 0.3) is 10.0 Å². The maximum Gasteiger partial charge on any atom is 0.264 e. The number of aryl methyl sites for hydroxylation is 2. The molecule has 21 heavy (non-hydrogen) atoms. The Morgan fingerprint density at radius 1 is 1.10 bits per heavy atom. The van der Waals surface area contributed by atoms with E-state index in [1.54, 1.807) is 25.2 Å². The first kappa shape index (κ1) is 16.0. The molecule has 0 aliphatic carbocycles. The van der Waals surface area contributed by atoms with Crippen molar-refractivity contribution in [2.45, 2.75) is 25.2 Å². The second-order valence-electron chi connectivity index (χ2n) is 4.90. The van der Waals surface area contributed by atoms with E-state index in [1.165, 1.54) is 9.87 Å². The molecule has 5 heteroatoms. The lowest BCUT2D eigenvalue weighted by Gasteiger charge is -2.20. The van der Waals surface area contributed by atoms with E-state index in [4.69, 9.17) is 0 Å². The number of hydrogen-bond donors (Lipinski definition) is 0. The van der Waals surface area contributed by atoms with Crippen LogP contribution in [0.3, 0.4) is 0 Å². The zero-order valence-corrected chi connectivity index (χ0v) is 14.7. The molecule has 0 aromatic heterocycles. The largest absolute Gasteiger partial charge is 0.269 e. The van der Waals surface area contributed by atoms with Gasteiger partial charge < -0.3 is 0 Å². The van der Waals surface area contributed by atoms with Gasteiger partial charge in [-0.2, -0.15) is 0 Å². The zero-order chi connectivity index (χ0) is 15.6. The molecule has 0 bridgehead atoms. The molecule has 0 radical (unpaired) electrons. The minimum absolute atomic E-state index is 0.297. The molecule has 2 aromatic rings. The lowest BCUT2D eigenvalue weighted by atomic mass is 10.1. The van der Waals surface area contributed by atoms with Gasteiger partial charge in [-0.25, -0.2) is 8.42 Å². The molecular formula is C16H18BrNO2S. The first-order valence-electron chi connectivity index (χ1n) is 6.70. The number of anilines is 1. The van der Waals surface area contributed by atoms with Gasteiger partial charge in [0.05, 0.1) is 10.6 Å². The van der Waals surface area contributed by atoms with Gasteiger partial charge in [0.15, 0.2) is 0 Å². The van der Waals surface area contributed by atoms with Crippen LogP contribution in [0.15, 0.2) is 51.8 Å². The average molecular weight is 368 g/mol. The van der Waals surface area contributed by atoms with E-state index < -0.39 is 10.0 Å². The Balaban J connectivity index is 2.39. The van der Waals surface area contributed by atoms with Gasteiger partial charge in [-0.3, -0.25) is 4.31 Å². The Hall–Kier alpha value is -1.33. The van der Waals surface area contributed by atoms with Crippen molar-refractivity contribution < 1.29 is 8.42 Å². The van der Waals surface area contributed by atoms with Crippen LogP contribution in [0.2, 0.25) is 0 Å². The summed E-state index contributed by atoms with van der Waals surface area (Å²) >= 11 is 3.39. The molecule has 0 aliphatic rings. The summed E-state index contributed by atoms with van der Waals surface area (Å²) in [6.45, 7) is 3.94. The van der Waals surface area contributed by atoms with Crippen molar-refractivity contribution in [3.05, 3.63) is 58.1 Å². The fraction of sp³-hybridized carbons (Fsp3) is 0.250. The highest BCUT2D eigenvalue weighted by Crippen LogP contribution is 2.25. The van der Waals surface area contributed by atoms with E-state index in [2.05, 4.69) is 22.9 Å². The van der Waals surface area contributed by atoms with Crippen LogP contribution < -0.4 is 4.31 Å². The van der Waals surface area contributed by atoms with Crippen molar-refractivity contribution in [3.63, 3.8) is 0 Å². The van der Waals surface area contributed by atoms with Gasteiger partial charge in [0.1, 0.15) is 0 Å². The van der Waals surface area contributed by atoms with Crippen molar-refractivity contribution >= 4 is 31.6 Å². The number of nitrogens with zero attached hydrogens (tertiary/aromatic N) is 1. The third-order valence-electron chi connectivity index (χ3n) is 3.50. The Kier molecular flexibility index (Phi) is 4.74. The molecule has 0 fully saturated rings. The van der Waals surface area contributed by atoms with E-state index >= 15 is 0 Å². The standard InChI is InChI=1S/C16H18BrNO2S/c1-4-13-5-7-14(8-6-13)18(3)21(19,20)15-9-10-16(17)12(2)11-15/h5-11H,4H2,1-3H3. The van der Waals surface area contributed by atoms with Crippen molar-refractivity contribution in [1.82, 2.24) is 0 Å². The van der Waals surface area contributed by atoms with Crippen LogP contribution >= 0.6 is 15.9 Å². The molecule has 0 aliphatic heterocycles. The summed E-state index contributed by atoms with van der Waals surface area (Å²) in [4.78, 5) is 0.297. The lowest BCUT2D eigenvalue weighted by Crippen LogP contribution is -2.26. The normalized spacial score (nSPS) is 11.4. The molecule has 0 atom stereocenters. The molecule has 0 saturated carbocycles. The number of halogens is 1. The SMILES string of the molecule is CCc1ccc(N(C)S(=O)(=O)c2ccc(Br)c(C)c2)cc1. The Morgan fingerprint density at radius 3 is 2.24 bits per heavy atom. The number of rotatable bonds is 4. The van der Waals surface area contributed by atoms with E-state index in [9.17, 15) is 8.42 Å². The highest BCUT2D eigenvalue weighted by molar-refractivity contribution is 9.10. The van der Waals surface area contributed by atoms with Gasteiger partial charge in [0.2, 0.25) is 0 Å². The van der Waals surface area contributed by atoms with Crippen LogP contribution in [0, 0.1) is 6.92 Å². The van der Waals surface area contributed by atoms with Crippen LogP contribution in [-0.2, 0) is 16.4 Å². The smallest absolute Gasteiger partial charge is 0.264 e. The van der Waals surface area contributed by atoms with E-state index in [-0.39, 0.29) is 0 Å². The molecule has 0 spiro atoms. The Bertz CT molecular complexity index is 739. The van der Waals surface area contributed by atoms with E-state index in [0.717, 1.165) is 16.5 Å². The van der Waals surface area contributed by atoms with E-state index in [0.29, 0.717) is 10.6 Å². The monoisotopic (exact) mass is 367 g/mol. The molecule has 2 rings (SSSR count). The Labute approximate surface area is 134 Å². The molecule has 0 amide bonds. The summed E-state index contributed by atoms with van der Waals surface area (Å²) in [7, 11) is -1.96. The molecule has 0 unspecified atom stereocenters.